The molecule has 4 rings (SSSR count). The Hall–Kier alpha value is -1.48. The average Bonchev–Trinajstić information content (AvgIpc) is 2.92. The van der Waals surface area contributed by atoms with Crippen molar-refractivity contribution >= 4 is 11.0 Å². The lowest BCUT2D eigenvalue weighted by atomic mass is 9.95. The highest BCUT2D eigenvalue weighted by Gasteiger charge is 2.57. The monoisotopic (exact) mass is 211 g/mol. The van der Waals surface area contributed by atoms with Crippen LogP contribution in [-0.2, 0) is 5.41 Å². The number of nitrogens with one attached hydrogen (secondary N) is 1. The van der Waals surface area contributed by atoms with Crippen molar-refractivity contribution in [3.8, 4) is 0 Å². The molecule has 3 nitrogen and oxygen atoms in total. The first-order chi connectivity index (χ1) is 7.88. The lowest BCUT2D eigenvalue weighted by molar-refractivity contribution is 0.676. The first-order valence-electron chi connectivity index (χ1n) is 5.80. The van der Waals surface area contributed by atoms with E-state index in [4.69, 9.17) is 0 Å². The summed E-state index contributed by atoms with van der Waals surface area (Å²) in [6.45, 7) is 2.31. The Morgan fingerprint density at radius 3 is 2.81 bits per heavy atom. The molecule has 2 aromatic rings. The minimum atomic E-state index is 0.422. The maximum absolute atomic E-state index is 4.38. The molecule has 80 valence electrons. The largest absolute Gasteiger partial charge is 0.316 e. The second-order valence-electron chi connectivity index (χ2n) is 4.95. The van der Waals surface area contributed by atoms with Crippen LogP contribution in [0, 0.1) is 5.92 Å². The summed E-state index contributed by atoms with van der Waals surface area (Å²) in [5, 5.41) is 3.47. The molecular formula is C13H13N3. The van der Waals surface area contributed by atoms with Gasteiger partial charge in [-0.05, 0) is 36.6 Å². The third-order valence-electron chi connectivity index (χ3n) is 4.11. The van der Waals surface area contributed by atoms with Crippen LogP contribution in [0.5, 0.6) is 0 Å². The minimum Gasteiger partial charge on any atom is -0.316 e. The zero-order valence-corrected chi connectivity index (χ0v) is 8.98. The van der Waals surface area contributed by atoms with Crippen LogP contribution < -0.4 is 5.32 Å². The van der Waals surface area contributed by atoms with Gasteiger partial charge in [0.25, 0.3) is 0 Å². The maximum Gasteiger partial charge on any atom is 0.0889 e. The highest BCUT2D eigenvalue weighted by atomic mass is 15.0. The molecular weight excluding hydrogens is 198 g/mol. The number of piperidine rings is 1. The van der Waals surface area contributed by atoms with E-state index in [1.54, 1.807) is 12.4 Å². The van der Waals surface area contributed by atoms with Crippen molar-refractivity contribution in [2.45, 2.75) is 11.8 Å². The van der Waals surface area contributed by atoms with Crippen LogP contribution in [0.4, 0.5) is 0 Å². The van der Waals surface area contributed by atoms with Crippen molar-refractivity contribution in [1.29, 1.82) is 0 Å². The third-order valence-corrected chi connectivity index (χ3v) is 4.11. The van der Waals surface area contributed by atoms with Gasteiger partial charge >= 0.3 is 0 Å². The molecule has 0 radical (unpaired) electrons. The summed E-state index contributed by atoms with van der Waals surface area (Å²) >= 11 is 0. The van der Waals surface area contributed by atoms with Crippen molar-refractivity contribution in [3.63, 3.8) is 0 Å². The minimum absolute atomic E-state index is 0.422. The molecule has 1 saturated carbocycles. The summed E-state index contributed by atoms with van der Waals surface area (Å²) in [5.74, 6) is 0.849. The Morgan fingerprint density at radius 1 is 1.19 bits per heavy atom. The topological polar surface area (TPSA) is 37.8 Å². The van der Waals surface area contributed by atoms with Gasteiger partial charge in [0.1, 0.15) is 0 Å². The molecule has 2 fully saturated rings. The quantitative estimate of drug-likeness (QED) is 0.776. The van der Waals surface area contributed by atoms with Gasteiger partial charge in [-0.25, -0.2) is 0 Å². The first kappa shape index (κ1) is 8.65. The summed E-state index contributed by atoms with van der Waals surface area (Å²) in [7, 11) is 0. The van der Waals surface area contributed by atoms with E-state index in [-0.39, 0.29) is 0 Å². The highest BCUT2D eigenvalue weighted by Crippen LogP contribution is 2.56. The van der Waals surface area contributed by atoms with E-state index in [0.29, 0.717) is 5.41 Å². The molecule has 0 bridgehead atoms. The van der Waals surface area contributed by atoms with Gasteiger partial charge in [0.05, 0.1) is 11.0 Å². The molecule has 3 heteroatoms. The van der Waals surface area contributed by atoms with Crippen molar-refractivity contribution < 1.29 is 0 Å². The molecule has 0 spiro atoms. The SMILES string of the molecule is c1cnc2cc(C34CNCC3C4)ccc2n1. The second kappa shape index (κ2) is 2.80. The predicted octanol–water partition coefficient (Wildman–Crippen LogP) is 1.49. The zero-order chi connectivity index (χ0) is 10.6. The van der Waals surface area contributed by atoms with Gasteiger partial charge in [0.2, 0.25) is 0 Å². The van der Waals surface area contributed by atoms with Crippen LogP contribution in [0.25, 0.3) is 11.0 Å². The van der Waals surface area contributed by atoms with E-state index >= 15 is 0 Å². The van der Waals surface area contributed by atoms with Gasteiger partial charge in [0.15, 0.2) is 0 Å². The van der Waals surface area contributed by atoms with E-state index in [0.717, 1.165) is 23.5 Å². The highest BCUT2D eigenvalue weighted by molar-refractivity contribution is 5.75. The molecule has 1 N–H and O–H groups in total. The van der Waals surface area contributed by atoms with E-state index in [1.807, 2.05) is 0 Å². The second-order valence-corrected chi connectivity index (χ2v) is 4.95. The molecule has 2 unspecified atom stereocenters. The molecule has 1 aliphatic heterocycles. The number of fused-ring (bicyclic) bond motifs is 2. The lowest BCUT2D eigenvalue weighted by Crippen LogP contribution is -2.19. The Kier molecular flexibility index (Phi) is 1.51. The maximum atomic E-state index is 4.38. The van der Waals surface area contributed by atoms with Crippen LogP contribution in [0.15, 0.2) is 30.6 Å². The molecule has 16 heavy (non-hydrogen) atoms. The Balaban J connectivity index is 1.87. The van der Waals surface area contributed by atoms with E-state index < -0.39 is 0 Å². The molecule has 2 aliphatic rings. The molecule has 1 aliphatic carbocycles. The van der Waals surface area contributed by atoms with Crippen LogP contribution in [-0.4, -0.2) is 23.1 Å². The van der Waals surface area contributed by atoms with Crippen molar-refractivity contribution in [2.75, 3.05) is 13.1 Å². The summed E-state index contributed by atoms with van der Waals surface area (Å²) in [4.78, 5) is 8.69. The number of aromatic nitrogens is 2. The van der Waals surface area contributed by atoms with Crippen LogP contribution in [0.1, 0.15) is 12.0 Å². The van der Waals surface area contributed by atoms with E-state index in [1.165, 1.54) is 18.5 Å². The number of hydrogen-bond donors (Lipinski definition) is 1. The van der Waals surface area contributed by atoms with E-state index in [9.17, 15) is 0 Å². The number of hydrogen-bond acceptors (Lipinski definition) is 3. The number of nitrogens with zero attached hydrogens (tertiary/aromatic N) is 2. The standard InChI is InChI=1S/C13H13N3/c1-2-11-12(16-4-3-15-11)5-9(1)13-6-10(13)7-14-8-13/h1-5,10,14H,6-8H2. The summed E-state index contributed by atoms with van der Waals surface area (Å²) in [6.07, 6.45) is 4.85. The predicted molar refractivity (Wildman–Crippen MR) is 62.2 cm³/mol. The fourth-order valence-corrected chi connectivity index (χ4v) is 3.06. The summed E-state index contributed by atoms with van der Waals surface area (Å²) in [6, 6.07) is 6.54. The molecule has 0 amide bonds. The van der Waals surface area contributed by atoms with Crippen molar-refractivity contribution in [1.82, 2.24) is 15.3 Å². The van der Waals surface area contributed by atoms with Crippen LogP contribution in [0.2, 0.25) is 0 Å². The van der Waals surface area contributed by atoms with E-state index in [2.05, 4.69) is 33.5 Å². The first-order valence-corrected chi connectivity index (χ1v) is 5.80. The summed E-state index contributed by atoms with van der Waals surface area (Å²) < 4.78 is 0. The normalized spacial score (nSPS) is 31.6. The molecule has 2 heterocycles. The average molecular weight is 211 g/mol. The zero-order valence-electron chi connectivity index (χ0n) is 8.98. The lowest BCUT2D eigenvalue weighted by Gasteiger charge is -2.12. The molecule has 2 atom stereocenters. The number of benzene rings is 1. The Morgan fingerprint density at radius 2 is 2.06 bits per heavy atom. The Labute approximate surface area is 93.9 Å². The van der Waals surface area contributed by atoms with Gasteiger partial charge in [-0.15, -0.1) is 0 Å². The molecule has 1 aromatic heterocycles. The van der Waals surface area contributed by atoms with Crippen LogP contribution >= 0.6 is 0 Å². The van der Waals surface area contributed by atoms with Gasteiger partial charge in [-0.2, -0.15) is 0 Å². The fourth-order valence-electron chi connectivity index (χ4n) is 3.06. The third kappa shape index (κ3) is 1.01. The smallest absolute Gasteiger partial charge is 0.0889 e. The molecule has 1 saturated heterocycles. The number of rotatable bonds is 1. The van der Waals surface area contributed by atoms with Gasteiger partial charge in [0, 0.05) is 24.4 Å². The van der Waals surface area contributed by atoms with Gasteiger partial charge in [-0.3, -0.25) is 9.97 Å². The van der Waals surface area contributed by atoms with Crippen molar-refractivity contribution in [3.05, 3.63) is 36.2 Å². The van der Waals surface area contributed by atoms with Gasteiger partial charge in [-0.1, -0.05) is 6.07 Å². The summed E-state index contributed by atoms with van der Waals surface area (Å²) in [5.41, 5.74) is 3.87. The van der Waals surface area contributed by atoms with Crippen LogP contribution in [0.3, 0.4) is 0 Å². The van der Waals surface area contributed by atoms with Gasteiger partial charge < -0.3 is 5.32 Å². The molecule has 1 aromatic carbocycles. The van der Waals surface area contributed by atoms with Crippen molar-refractivity contribution in [2.24, 2.45) is 5.92 Å². The fraction of sp³-hybridized carbons (Fsp3) is 0.385. The Bertz CT molecular complexity index is 566.